The molecule has 116 valence electrons. The molecular formula is C20H20N2O. The number of para-hydroxylation sites is 1. The van der Waals surface area contributed by atoms with Gasteiger partial charge in [-0.1, -0.05) is 42.5 Å². The molecule has 23 heavy (non-hydrogen) atoms. The second kappa shape index (κ2) is 8.11. The third-order valence-corrected chi connectivity index (χ3v) is 3.54. The van der Waals surface area contributed by atoms with Crippen molar-refractivity contribution in [3.63, 3.8) is 0 Å². The summed E-state index contributed by atoms with van der Waals surface area (Å²) in [6, 6.07) is 22.4. The summed E-state index contributed by atoms with van der Waals surface area (Å²) in [6.07, 6.45) is 3.68. The van der Waals surface area contributed by atoms with Crippen molar-refractivity contribution in [3.8, 4) is 16.9 Å². The molecule has 2 aromatic carbocycles. The zero-order chi connectivity index (χ0) is 15.7. The van der Waals surface area contributed by atoms with Crippen molar-refractivity contribution >= 4 is 0 Å². The van der Waals surface area contributed by atoms with Crippen molar-refractivity contribution in [3.05, 3.63) is 84.7 Å². The number of rotatable bonds is 7. The fourth-order valence-corrected chi connectivity index (χ4v) is 2.38. The maximum Gasteiger partial charge on any atom is 0.119 e. The second-order valence-electron chi connectivity index (χ2n) is 5.28. The molecule has 0 amide bonds. The third kappa shape index (κ3) is 4.66. The first kappa shape index (κ1) is 15.3. The maximum absolute atomic E-state index is 5.67. The highest BCUT2D eigenvalue weighted by Crippen LogP contribution is 2.19. The van der Waals surface area contributed by atoms with Crippen LogP contribution in [0.15, 0.2) is 79.1 Å². The molecule has 1 N–H and O–H groups in total. The van der Waals surface area contributed by atoms with Crippen LogP contribution in [0.4, 0.5) is 0 Å². The standard InChI is InChI=1S/C20H20N2O/c1-2-9-20(10-3-1)23-13-12-22-15-17-6-4-7-18(14-17)19-8-5-11-21-16-19/h1-11,14,16,22H,12-13,15H2. The molecule has 3 heteroatoms. The number of hydrogen-bond acceptors (Lipinski definition) is 3. The van der Waals surface area contributed by atoms with Gasteiger partial charge in [0.2, 0.25) is 0 Å². The summed E-state index contributed by atoms with van der Waals surface area (Å²) in [4.78, 5) is 4.17. The number of pyridine rings is 1. The summed E-state index contributed by atoms with van der Waals surface area (Å²) in [5.41, 5.74) is 3.59. The Labute approximate surface area is 137 Å². The molecule has 0 saturated carbocycles. The Bertz CT molecular complexity index is 714. The summed E-state index contributed by atoms with van der Waals surface area (Å²) in [7, 11) is 0. The van der Waals surface area contributed by atoms with E-state index in [-0.39, 0.29) is 0 Å². The lowest BCUT2D eigenvalue weighted by atomic mass is 10.0. The van der Waals surface area contributed by atoms with E-state index >= 15 is 0 Å². The Morgan fingerprint density at radius 3 is 2.57 bits per heavy atom. The lowest BCUT2D eigenvalue weighted by Gasteiger charge is -2.09. The average molecular weight is 304 g/mol. The monoisotopic (exact) mass is 304 g/mol. The fraction of sp³-hybridized carbons (Fsp3) is 0.150. The molecule has 0 fully saturated rings. The Balaban J connectivity index is 1.47. The summed E-state index contributed by atoms with van der Waals surface area (Å²) in [5, 5.41) is 3.41. The highest BCUT2D eigenvalue weighted by atomic mass is 16.5. The van der Waals surface area contributed by atoms with Crippen LogP contribution in [-0.2, 0) is 6.54 Å². The molecule has 0 bridgehead atoms. The Morgan fingerprint density at radius 2 is 1.74 bits per heavy atom. The van der Waals surface area contributed by atoms with Crippen LogP contribution in [0.2, 0.25) is 0 Å². The van der Waals surface area contributed by atoms with Gasteiger partial charge in [-0.25, -0.2) is 0 Å². The lowest BCUT2D eigenvalue weighted by molar-refractivity contribution is 0.313. The number of ether oxygens (including phenoxy) is 1. The molecule has 3 rings (SSSR count). The van der Waals surface area contributed by atoms with Gasteiger partial charge >= 0.3 is 0 Å². The minimum atomic E-state index is 0.659. The molecule has 0 saturated heterocycles. The number of benzene rings is 2. The van der Waals surface area contributed by atoms with Crippen molar-refractivity contribution in [1.29, 1.82) is 0 Å². The van der Waals surface area contributed by atoms with Gasteiger partial charge in [0.25, 0.3) is 0 Å². The Kier molecular flexibility index (Phi) is 5.38. The fourth-order valence-electron chi connectivity index (χ4n) is 2.38. The van der Waals surface area contributed by atoms with Gasteiger partial charge < -0.3 is 10.1 Å². The Hall–Kier alpha value is -2.65. The summed E-state index contributed by atoms with van der Waals surface area (Å²) in [6.45, 7) is 2.30. The first-order valence-electron chi connectivity index (χ1n) is 7.80. The van der Waals surface area contributed by atoms with E-state index in [1.54, 1.807) is 6.20 Å². The molecule has 3 aromatic rings. The van der Waals surface area contributed by atoms with Crippen molar-refractivity contribution < 1.29 is 4.74 Å². The van der Waals surface area contributed by atoms with E-state index in [9.17, 15) is 0 Å². The van der Waals surface area contributed by atoms with Crippen LogP contribution in [0.5, 0.6) is 5.75 Å². The summed E-state index contributed by atoms with van der Waals surface area (Å²) >= 11 is 0. The van der Waals surface area contributed by atoms with E-state index in [2.05, 4.69) is 40.6 Å². The maximum atomic E-state index is 5.67. The van der Waals surface area contributed by atoms with Gasteiger partial charge in [-0.2, -0.15) is 0 Å². The van der Waals surface area contributed by atoms with Gasteiger partial charge in [0, 0.05) is 25.5 Å². The van der Waals surface area contributed by atoms with Gasteiger partial charge in [0.05, 0.1) is 0 Å². The quantitative estimate of drug-likeness (QED) is 0.672. The molecule has 0 spiro atoms. The molecule has 1 heterocycles. The van der Waals surface area contributed by atoms with Gasteiger partial charge in [-0.05, 0) is 41.0 Å². The minimum absolute atomic E-state index is 0.659. The zero-order valence-corrected chi connectivity index (χ0v) is 13.0. The first-order chi connectivity index (χ1) is 11.4. The van der Waals surface area contributed by atoms with E-state index in [4.69, 9.17) is 4.74 Å². The zero-order valence-electron chi connectivity index (χ0n) is 13.0. The van der Waals surface area contributed by atoms with Crippen LogP contribution < -0.4 is 10.1 Å². The highest BCUT2D eigenvalue weighted by Gasteiger charge is 1.99. The van der Waals surface area contributed by atoms with E-state index in [0.717, 1.165) is 24.4 Å². The summed E-state index contributed by atoms with van der Waals surface area (Å²) < 4.78 is 5.67. The highest BCUT2D eigenvalue weighted by molar-refractivity contribution is 5.62. The van der Waals surface area contributed by atoms with Crippen LogP contribution >= 0.6 is 0 Å². The van der Waals surface area contributed by atoms with E-state index in [0.29, 0.717) is 6.61 Å². The second-order valence-corrected chi connectivity index (χ2v) is 5.28. The molecule has 0 aliphatic heterocycles. The third-order valence-electron chi connectivity index (χ3n) is 3.54. The number of nitrogens with one attached hydrogen (secondary N) is 1. The van der Waals surface area contributed by atoms with E-state index < -0.39 is 0 Å². The Morgan fingerprint density at radius 1 is 0.870 bits per heavy atom. The molecule has 0 aliphatic rings. The minimum Gasteiger partial charge on any atom is -0.492 e. The van der Waals surface area contributed by atoms with Crippen LogP contribution in [0, 0.1) is 0 Å². The van der Waals surface area contributed by atoms with Crippen molar-refractivity contribution in [2.24, 2.45) is 0 Å². The number of nitrogens with zero attached hydrogens (tertiary/aromatic N) is 1. The first-order valence-corrected chi connectivity index (χ1v) is 7.80. The smallest absolute Gasteiger partial charge is 0.119 e. The van der Waals surface area contributed by atoms with Gasteiger partial charge in [0.1, 0.15) is 12.4 Å². The van der Waals surface area contributed by atoms with Crippen molar-refractivity contribution in [1.82, 2.24) is 10.3 Å². The molecule has 0 unspecified atom stereocenters. The predicted molar refractivity (Wildman–Crippen MR) is 93.3 cm³/mol. The van der Waals surface area contributed by atoms with Crippen molar-refractivity contribution in [2.45, 2.75) is 6.54 Å². The number of hydrogen-bond donors (Lipinski definition) is 1. The van der Waals surface area contributed by atoms with Gasteiger partial charge in [0.15, 0.2) is 0 Å². The largest absolute Gasteiger partial charge is 0.492 e. The molecular weight excluding hydrogens is 284 g/mol. The molecule has 0 aliphatic carbocycles. The average Bonchev–Trinajstić information content (AvgIpc) is 2.63. The van der Waals surface area contributed by atoms with Crippen molar-refractivity contribution in [2.75, 3.05) is 13.2 Å². The predicted octanol–water partition coefficient (Wildman–Crippen LogP) is 3.92. The molecule has 0 atom stereocenters. The topological polar surface area (TPSA) is 34.1 Å². The lowest BCUT2D eigenvalue weighted by Crippen LogP contribution is -2.20. The normalized spacial score (nSPS) is 10.4. The van der Waals surface area contributed by atoms with Crippen LogP contribution in [-0.4, -0.2) is 18.1 Å². The van der Waals surface area contributed by atoms with Gasteiger partial charge in [-0.3, -0.25) is 4.98 Å². The van der Waals surface area contributed by atoms with Crippen LogP contribution in [0.25, 0.3) is 11.1 Å². The molecule has 1 aromatic heterocycles. The SMILES string of the molecule is c1ccc(OCCNCc2cccc(-c3cccnc3)c2)cc1. The molecule has 0 radical (unpaired) electrons. The summed E-state index contributed by atoms with van der Waals surface area (Å²) in [5.74, 6) is 0.910. The van der Waals surface area contributed by atoms with E-state index in [1.165, 1.54) is 11.1 Å². The number of aromatic nitrogens is 1. The van der Waals surface area contributed by atoms with Crippen LogP contribution in [0.3, 0.4) is 0 Å². The molecule has 3 nitrogen and oxygen atoms in total. The van der Waals surface area contributed by atoms with Gasteiger partial charge in [-0.15, -0.1) is 0 Å². The van der Waals surface area contributed by atoms with E-state index in [1.807, 2.05) is 42.6 Å². The van der Waals surface area contributed by atoms with Crippen LogP contribution in [0.1, 0.15) is 5.56 Å².